The third-order valence-electron chi connectivity index (χ3n) is 5.48. The van der Waals surface area contributed by atoms with Gasteiger partial charge in [-0.1, -0.05) is 61.4 Å². The zero-order valence-electron chi connectivity index (χ0n) is 17.6. The molecule has 2 aromatic carbocycles. The molecule has 2 aromatic rings. The Morgan fingerprint density at radius 3 is 2.16 bits per heavy atom. The topological polar surface area (TPSA) is 105 Å². The molecule has 0 radical (unpaired) electrons. The highest BCUT2D eigenvalue weighted by molar-refractivity contribution is 5.81. The summed E-state index contributed by atoms with van der Waals surface area (Å²) >= 11 is 0. The lowest BCUT2D eigenvalue weighted by Crippen LogP contribution is -2.41. The van der Waals surface area contributed by atoms with Gasteiger partial charge in [-0.15, -0.1) is 0 Å². The van der Waals surface area contributed by atoms with Crippen molar-refractivity contribution in [3.63, 3.8) is 0 Å². The summed E-state index contributed by atoms with van der Waals surface area (Å²) in [7, 11) is 0. The number of ether oxygens (including phenoxy) is 1. The molecule has 0 unspecified atom stereocenters. The summed E-state index contributed by atoms with van der Waals surface area (Å²) in [6.07, 6.45) is 1.72. The van der Waals surface area contributed by atoms with Crippen molar-refractivity contribution >= 4 is 18.0 Å². The van der Waals surface area contributed by atoms with E-state index in [2.05, 4.69) is 22.8 Å². The van der Waals surface area contributed by atoms with Gasteiger partial charge in [0.25, 0.3) is 0 Å². The first kappa shape index (κ1) is 22.3. The average Bonchev–Trinajstić information content (AvgIpc) is 3.07. The second kappa shape index (κ2) is 10.6. The Morgan fingerprint density at radius 2 is 1.58 bits per heavy atom. The zero-order chi connectivity index (χ0) is 22.2. The van der Waals surface area contributed by atoms with Crippen LogP contribution in [0.5, 0.6) is 0 Å². The van der Waals surface area contributed by atoms with Crippen LogP contribution < -0.4 is 10.6 Å². The van der Waals surface area contributed by atoms with Crippen LogP contribution in [0.4, 0.5) is 4.79 Å². The van der Waals surface area contributed by atoms with Crippen LogP contribution in [-0.4, -0.2) is 42.3 Å². The third kappa shape index (κ3) is 5.84. The van der Waals surface area contributed by atoms with E-state index in [-0.39, 0.29) is 18.4 Å². The van der Waals surface area contributed by atoms with E-state index in [1.54, 1.807) is 0 Å². The van der Waals surface area contributed by atoms with Crippen LogP contribution in [0.2, 0.25) is 0 Å². The summed E-state index contributed by atoms with van der Waals surface area (Å²) in [6.45, 7) is 2.16. The van der Waals surface area contributed by atoms with Crippen LogP contribution in [-0.2, 0) is 14.3 Å². The first-order valence-electron chi connectivity index (χ1n) is 10.6. The molecule has 0 aromatic heterocycles. The first-order chi connectivity index (χ1) is 15.0. The Balaban J connectivity index is 1.50. The molecule has 164 valence electrons. The minimum Gasteiger partial charge on any atom is -0.480 e. The number of unbranched alkanes of at least 4 members (excludes halogenated alkanes) is 2. The minimum absolute atomic E-state index is 0.0739. The van der Waals surface area contributed by atoms with Crippen molar-refractivity contribution in [3.05, 3.63) is 59.7 Å². The van der Waals surface area contributed by atoms with Gasteiger partial charge in [0.15, 0.2) is 0 Å². The van der Waals surface area contributed by atoms with Gasteiger partial charge in [0.1, 0.15) is 12.6 Å². The van der Waals surface area contributed by atoms with E-state index in [0.29, 0.717) is 19.4 Å². The smallest absolute Gasteiger partial charge is 0.407 e. The Labute approximate surface area is 181 Å². The number of fused-ring (bicyclic) bond motifs is 3. The molecule has 0 saturated carbocycles. The van der Waals surface area contributed by atoms with Crippen molar-refractivity contribution < 1.29 is 24.2 Å². The number of carbonyl (C=O) groups excluding carboxylic acids is 2. The van der Waals surface area contributed by atoms with Crippen LogP contribution in [0, 0.1) is 0 Å². The van der Waals surface area contributed by atoms with E-state index in [4.69, 9.17) is 4.74 Å². The molecule has 0 fully saturated rings. The minimum atomic E-state index is -1.09. The molecule has 0 heterocycles. The largest absolute Gasteiger partial charge is 0.480 e. The zero-order valence-corrected chi connectivity index (χ0v) is 17.6. The third-order valence-corrected chi connectivity index (χ3v) is 5.48. The van der Waals surface area contributed by atoms with Gasteiger partial charge in [0.05, 0.1) is 0 Å². The van der Waals surface area contributed by atoms with Gasteiger partial charge in [0.2, 0.25) is 5.91 Å². The van der Waals surface area contributed by atoms with Crippen molar-refractivity contribution in [2.24, 2.45) is 0 Å². The maximum Gasteiger partial charge on any atom is 0.407 e. The fraction of sp³-hybridized carbons (Fsp3) is 0.375. The van der Waals surface area contributed by atoms with Crippen LogP contribution in [0.25, 0.3) is 11.1 Å². The Morgan fingerprint density at radius 1 is 0.968 bits per heavy atom. The van der Waals surface area contributed by atoms with Gasteiger partial charge in [0, 0.05) is 19.4 Å². The van der Waals surface area contributed by atoms with Gasteiger partial charge in [-0.3, -0.25) is 4.79 Å². The number of carboxylic acid groups (broad SMARTS) is 1. The molecule has 3 N–H and O–H groups in total. The van der Waals surface area contributed by atoms with Crippen molar-refractivity contribution in [2.45, 2.75) is 44.6 Å². The number of hydrogen-bond acceptors (Lipinski definition) is 4. The lowest BCUT2D eigenvalue weighted by Gasteiger charge is -2.17. The predicted octanol–water partition coefficient (Wildman–Crippen LogP) is 3.67. The van der Waals surface area contributed by atoms with Crippen LogP contribution >= 0.6 is 0 Å². The molecular weight excluding hydrogens is 396 g/mol. The molecular formula is C24H28N2O5. The molecule has 1 aliphatic carbocycles. The molecule has 7 heteroatoms. The molecule has 7 nitrogen and oxygen atoms in total. The summed E-state index contributed by atoms with van der Waals surface area (Å²) in [4.78, 5) is 34.6. The monoisotopic (exact) mass is 424 g/mol. The lowest BCUT2D eigenvalue weighted by atomic mass is 9.98. The number of benzene rings is 2. The average molecular weight is 424 g/mol. The Hall–Kier alpha value is -3.35. The van der Waals surface area contributed by atoms with Crippen LogP contribution in [0.3, 0.4) is 0 Å². The lowest BCUT2D eigenvalue weighted by molar-refractivity contribution is -0.139. The predicted molar refractivity (Wildman–Crippen MR) is 117 cm³/mol. The summed E-state index contributed by atoms with van der Waals surface area (Å²) in [5.41, 5.74) is 4.47. The molecule has 0 bridgehead atoms. The number of carboxylic acids is 1. The molecule has 0 spiro atoms. The second-order valence-corrected chi connectivity index (χ2v) is 7.69. The van der Waals surface area contributed by atoms with Crippen LogP contribution in [0.1, 0.15) is 49.7 Å². The van der Waals surface area contributed by atoms with Gasteiger partial charge >= 0.3 is 12.1 Å². The number of amides is 2. The maximum absolute atomic E-state index is 12.3. The summed E-state index contributed by atoms with van der Waals surface area (Å²) in [5, 5.41) is 14.6. The molecule has 1 atom stereocenters. The summed E-state index contributed by atoms with van der Waals surface area (Å²) < 4.78 is 5.43. The summed E-state index contributed by atoms with van der Waals surface area (Å²) in [5.74, 6) is -1.24. The molecule has 0 aliphatic heterocycles. The van der Waals surface area contributed by atoms with Gasteiger partial charge in [-0.2, -0.15) is 0 Å². The normalized spacial score (nSPS) is 13.1. The van der Waals surface area contributed by atoms with Gasteiger partial charge in [-0.05, 0) is 35.1 Å². The molecule has 0 saturated heterocycles. The van der Waals surface area contributed by atoms with E-state index in [1.807, 2.05) is 36.4 Å². The molecule has 2 amide bonds. The Bertz CT molecular complexity index is 898. The standard InChI is InChI=1S/C24H28N2O5/c1-16(27)25-14-8-2-3-13-22(23(28)29)26-24(30)31-15-21-19-11-6-4-9-17(19)18-10-5-7-12-20(18)21/h4-7,9-12,21-22H,2-3,8,13-15H2,1H3,(H,25,27)(H,26,30)(H,28,29)/t22-/m0/s1. The van der Waals surface area contributed by atoms with Crippen molar-refractivity contribution in [3.8, 4) is 11.1 Å². The number of carbonyl (C=O) groups is 3. The maximum atomic E-state index is 12.3. The first-order valence-corrected chi connectivity index (χ1v) is 10.6. The van der Waals surface area contributed by atoms with Gasteiger partial charge in [-0.25, -0.2) is 9.59 Å². The van der Waals surface area contributed by atoms with Crippen molar-refractivity contribution in [2.75, 3.05) is 13.2 Å². The quantitative estimate of drug-likeness (QED) is 0.505. The SMILES string of the molecule is CC(=O)NCCCCC[C@H](NC(=O)OCC1c2ccccc2-c2ccccc21)C(=O)O. The fourth-order valence-corrected chi connectivity index (χ4v) is 3.95. The highest BCUT2D eigenvalue weighted by atomic mass is 16.5. The van der Waals surface area contributed by atoms with E-state index < -0.39 is 18.1 Å². The van der Waals surface area contributed by atoms with Gasteiger partial charge < -0.3 is 20.5 Å². The molecule has 31 heavy (non-hydrogen) atoms. The molecule has 1 aliphatic rings. The Kier molecular flexibility index (Phi) is 7.65. The number of rotatable bonds is 10. The van der Waals surface area contributed by atoms with E-state index in [9.17, 15) is 19.5 Å². The van der Waals surface area contributed by atoms with Crippen molar-refractivity contribution in [1.29, 1.82) is 0 Å². The van der Waals surface area contributed by atoms with E-state index >= 15 is 0 Å². The highest BCUT2D eigenvalue weighted by Gasteiger charge is 2.29. The van der Waals surface area contributed by atoms with Crippen molar-refractivity contribution in [1.82, 2.24) is 10.6 Å². The number of nitrogens with one attached hydrogen (secondary N) is 2. The number of hydrogen-bond donors (Lipinski definition) is 3. The fourth-order valence-electron chi connectivity index (χ4n) is 3.95. The van der Waals surface area contributed by atoms with Crippen LogP contribution in [0.15, 0.2) is 48.5 Å². The second-order valence-electron chi connectivity index (χ2n) is 7.69. The van der Waals surface area contributed by atoms with E-state index in [0.717, 1.165) is 35.1 Å². The highest BCUT2D eigenvalue weighted by Crippen LogP contribution is 2.44. The number of aliphatic carboxylic acids is 1. The summed E-state index contributed by atoms with van der Waals surface area (Å²) in [6, 6.07) is 15.1. The molecule has 3 rings (SSSR count). The number of alkyl carbamates (subject to hydrolysis) is 1. The van der Waals surface area contributed by atoms with E-state index in [1.165, 1.54) is 6.92 Å².